The van der Waals surface area contributed by atoms with Gasteiger partial charge in [0.25, 0.3) is 0 Å². The Morgan fingerprint density at radius 1 is 1.50 bits per heavy atom. The topological polar surface area (TPSA) is 113 Å². The summed E-state index contributed by atoms with van der Waals surface area (Å²) in [6, 6.07) is -1.09. The van der Waals surface area contributed by atoms with E-state index in [0.717, 1.165) is 0 Å². The zero-order valence-corrected chi connectivity index (χ0v) is 8.28. The van der Waals surface area contributed by atoms with E-state index in [4.69, 9.17) is 15.9 Å². The van der Waals surface area contributed by atoms with Crippen molar-refractivity contribution >= 4 is 11.9 Å². The van der Waals surface area contributed by atoms with Crippen molar-refractivity contribution in [3.05, 3.63) is 0 Å². The molecule has 0 fully saturated rings. The molecule has 14 heavy (non-hydrogen) atoms. The van der Waals surface area contributed by atoms with E-state index in [1.54, 1.807) is 0 Å². The average Bonchev–Trinajstić information content (AvgIpc) is 2.01. The minimum atomic E-state index is -1.18. The van der Waals surface area contributed by atoms with Crippen molar-refractivity contribution in [2.75, 3.05) is 6.61 Å². The van der Waals surface area contributed by atoms with Crippen LogP contribution in [0, 0.1) is 0 Å². The van der Waals surface area contributed by atoms with E-state index in [-0.39, 0.29) is 13.0 Å². The van der Waals surface area contributed by atoms with Crippen LogP contribution in [0.4, 0.5) is 0 Å². The van der Waals surface area contributed by atoms with Gasteiger partial charge in [0, 0.05) is 13.0 Å². The first-order chi connectivity index (χ1) is 6.29. The molecule has 0 aromatic rings. The smallest absolute Gasteiger partial charge is 0.326 e. The van der Waals surface area contributed by atoms with Crippen LogP contribution in [0.1, 0.15) is 20.3 Å². The number of aliphatic hydroxyl groups is 1. The van der Waals surface area contributed by atoms with Crippen molar-refractivity contribution in [3.8, 4) is 0 Å². The number of carboxylic acids is 1. The number of hydrogen-bond acceptors (Lipinski definition) is 4. The molecule has 1 atom stereocenters. The maximum Gasteiger partial charge on any atom is 0.326 e. The normalized spacial score (nSPS) is 13.4. The zero-order valence-electron chi connectivity index (χ0n) is 8.28. The van der Waals surface area contributed by atoms with Crippen LogP contribution in [0.25, 0.3) is 0 Å². The second kappa shape index (κ2) is 4.92. The summed E-state index contributed by atoms with van der Waals surface area (Å²) < 4.78 is 0. The van der Waals surface area contributed by atoms with Gasteiger partial charge < -0.3 is 21.3 Å². The molecule has 0 aromatic carbocycles. The highest BCUT2D eigenvalue weighted by atomic mass is 16.4. The summed E-state index contributed by atoms with van der Waals surface area (Å²) in [5.41, 5.74) is 4.33. The molecule has 0 aliphatic carbocycles. The molecular weight excluding hydrogens is 188 g/mol. The molecule has 82 valence electrons. The van der Waals surface area contributed by atoms with Crippen LogP contribution in [-0.2, 0) is 9.59 Å². The van der Waals surface area contributed by atoms with E-state index < -0.39 is 23.5 Å². The van der Waals surface area contributed by atoms with Gasteiger partial charge in [0.1, 0.15) is 6.04 Å². The SMILES string of the molecule is CC(C)(N)C(=O)N[C@@H](CCO)C(=O)O. The first kappa shape index (κ1) is 12.9. The molecule has 6 heteroatoms. The predicted molar refractivity (Wildman–Crippen MR) is 49.5 cm³/mol. The Bertz CT molecular complexity index is 222. The van der Waals surface area contributed by atoms with E-state index in [1.165, 1.54) is 13.8 Å². The fourth-order valence-electron chi connectivity index (χ4n) is 0.731. The quantitative estimate of drug-likeness (QED) is 0.443. The van der Waals surface area contributed by atoms with Crippen LogP contribution in [0.15, 0.2) is 0 Å². The number of carbonyl (C=O) groups is 2. The minimum absolute atomic E-state index is 0.0306. The highest BCUT2D eigenvalue weighted by Gasteiger charge is 2.27. The van der Waals surface area contributed by atoms with Crippen LogP contribution in [0.5, 0.6) is 0 Å². The number of aliphatic carboxylic acids is 1. The number of aliphatic hydroxyl groups excluding tert-OH is 1. The van der Waals surface area contributed by atoms with Crippen LogP contribution in [0.2, 0.25) is 0 Å². The van der Waals surface area contributed by atoms with Gasteiger partial charge >= 0.3 is 5.97 Å². The number of rotatable bonds is 5. The third-order valence-corrected chi connectivity index (χ3v) is 1.61. The summed E-state index contributed by atoms with van der Waals surface area (Å²) in [7, 11) is 0. The Hall–Kier alpha value is -1.14. The summed E-state index contributed by atoms with van der Waals surface area (Å²) in [5.74, 6) is -1.74. The Balaban J connectivity index is 4.31. The Labute approximate surface area is 82.1 Å². The molecule has 0 saturated heterocycles. The molecule has 0 aliphatic rings. The van der Waals surface area contributed by atoms with Crippen LogP contribution in [0.3, 0.4) is 0 Å². The number of carbonyl (C=O) groups excluding carboxylic acids is 1. The second-order valence-corrected chi connectivity index (χ2v) is 3.60. The molecule has 0 bridgehead atoms. The number of carboxylic acid groups (broad SMARTS) is 1. The number of hydrogen-bond donors (Lipinski definition) is 4. The summed E-state index contributed by atoms with van der Waals surface area (Å²) in [6.07, 6.45) is -0.0306. The summed E-state index contributed by atoms with van der Waals surface area (Å²) in [5, 5.41) is 19.4. The van der Waals surface area contributed by atoms with Crippen LogP contribution >= 0.6 is 0 Å². The van der Waals surface area contributed by atoms with Gasteiger partial charge in [-0.3, -0.25) is 4.79 Å². The minimum Gasteiger partial charge on any atom is -0.480 e. The van der Waals surface area contributed by atoms with Gasteiger partial charge in [-0.05, 0) is 13.8 Å². The predicted octanol–water partition coefficient (Wildman–Crippen LogP) is -1.32. The number of amides is 1. The van der Waals surface area contributed by atoms with Gasteiger partial charge in [0.15, 0.2) is 0 Å². The molecule has 0 rings (SSSR count). The Morgan fingerprint density at radius 2 is 2.00 bits per heavy atom. The van der Waals surface area contributed by atoms with Gasteiger partial charge in [0.2, 0.25) is 5.91 Å². The van der Waals surface area contributed by atoms with Gasteiger partial charge in [0.05, 0.1) is 5.54 Å². The lowest BCUT2D eigenvalue weighted by Gasteiger charge is -2.21. The van der Waals surface area contributed by atoms with E-state index in [0.29, 0.717) is 0 Å². The lowest BCUT2D eigenvalue weighted by atomic mass is 10.1. The highest BCUT2D eigenvalue weighted by Crippen LogP contribution is 1.99. The van der Waals surface area contributed by atoms with Crippen molar-refractivity contribution in [3.63, 3.8) is 0 Å². The lowest BCUT2D eigenvalue weighted by molar-refractivity contribution is -0.142. The van der Waals surface area contributed by atoms with Gasteiger partial charge in [-0.1, -0.05) is 0 Å². The van der Waals surface area contributed by atoms with E-state index in [1.807, 2.05) is 0 Å². The fourth-order valence-corrected chi connectivity index (χ4v) is 0.731. The largest absolute Gasteiger partial charge is 0.480 e. The number of nitrogens with one attached hydrogen (secondary N) is 1. The third-order valence-electron chi connectivity index (χ3n) is 1.61. The standard InChI is InChI=1S/C8H16N2O4/c1-8(2,9)7(14)10-5(3-4-11)6(12)13/h5,11H,3-4,9H2,1-2H3,(H,10,14)(H,12,13)/t5-/m0/s1. The third kappa shape index (κ3) is 4.20. The second-order valence-electron chi connectivity index (χ2n) is 3.60. The van der Waals surface area contributed by atoms with Crippen molar-refractivity contribution in [1.82, 2.24) is 5.32 Å². The molecule has 0 unspecified atom stereocenters. The van der Waals surface area contributed by atoms with E-state index in [2.05, 4.69) is 5.32 Å². The first-order valence-corrected chi connectivity index (χ1v) is 4.22. The molecular formula is C8H16N2O4. The van der Waals surface area contributed by atoms with Crippen molar-refractivity contribution < 1.29 is 19.8 Å². The summed E-state index contributed by atoms with van der Waals surface area (Å²) in [6.45, 7) is 2.64. The maximum atomic E-state index is 11.3. The molecule has 0 spiro atoms. The molecule has 0 heterocycles. The van der Waals surface area contributed by atoms with Crippen LogP contribution in [-0.4, -0.2) is 40.3 Å². The Kier molecular flexibility index (Phi) is 4.52. The number of nitrogens with two attached hydrogens (primary N) is 1. The van der Waals surface area contributed by atoms with Gasteiger partial charge in [-0.2, -0.15) is 0 Å². The molecule has 0 saturated carbocycles. The Morgan fingerprint density at radius 3 is 2.29 bits per heavy atom. The maximum absolute atomic E-state index is 11.3. The highest BCUT2D eigenvalue weighted by molar-refractivity contribution is 5.89. The lowest BCUT2D eigenvalue weighted by Crippen LogP contribution is -2.54. The fraction of sp³-hybridized carbons (Fsp3) is 0.750. The molecule has 0 aliphatic heterocycles. The molecule has 0 radical (unpaired) electrons. The average molecular weight is 204 g/mol. The van der Waals surface area contributed by atoms with E-state index in [9.17, 15) is 9.59 Å². The van der Waals surface area contributed by atoms with Crippen LogP contribution < -0.4 is 11.1 Å². The molecule has 6 nitrogen and oxygen atoms in total. The summed E-state index contributed by atoms with van der Waals surface area (Å²) in [4.78, 5) is 21.9. The van der Waals surface area contributed by atoms with Gasteiger partial charge in [-0.25, -0.2) is 4.79 Å². The van der Waals surface area contributed by atoms with E-state index >= 15 is 0 Å². The molecule has 5 N–H and O–H groups in total. The molecule has 0 aromatic heterocycles. The zero-order chi connectivity index (χ0) is 11.4. The summed E-state index contributed by atoms with van der Waals surface area (Å²) >= 11 is 0. The first-order valence-electron chi connectivity index (χ1n) is 4.22. The van der Waals surface area contributed by atoms with Crippen molar-refractivity contribution in [2.24, 2.45) is 5.73 Å². The van der Waals surface area contributed by atoms with Gasteiger partial charge in [-0.15, -0.1) is 0 Å². The van der Waals surface area contributed by atoms with Crippen molar-refractivity contribution in [2.45, 2.75) is 31.8 Å². The monoisotopic (exact) mass is 204 g/mol. The molecule has 1 amide bonds. The van der Waals surface area contributed by atoms with Crippen molar-refractivity contribution in [1.29, 1.82) is 0 Å².